The molecule has 1 atom stereocenters. The van der Waals surface area contributed by atoms with Crippen molar-refractivity contribution >= 4 is 5.91 Å². The van der Waals surface area contributed by atoms with Gasteiger partial charge in [0.25, 0.3) is 0 Å². The Morgan fingerprint density at radius 3 is 2.89 bits per heavy atom. The normalized spacial score (nSPS) is 18.4. The minimum absolute atomic E-state index is 0.317. The second-order valence-electron chi connectivity index (χ2n) is 5.45. The van der Waals surface area contributed by atoms with Crippen LogP contribution in [0.4, 0.5) is 0 Å². The molecule has 0 saturated carbocycles. The van der Waals surface area contributed by atoms with Crippen molar-refractivity contribution in [2.24, 2.45) is 11.7 Å². The van der Waals surface area contributed by atoms with Gasteiger partial charge in [0.05, 0.1) is 0 Å². The summed E-state index contributed by atoms with van der Waals surface area (Å²) in [5, 5.41) is 0. The van der Waals surface area contributed by atoms with Crippen molar-refractivity contribution in [2.45, 2.75) is 51.9 Å². The Bertz CT molecular complexity index is 425. The van der Waals surface area contributed by atoms with Crippen LogP contribution >= 0.6 is 0 Å². The van der Waals surface area contributed by atoms with E-state index in [4.69, 9.17) is 5.73 Å². The Hall–Kier alpha value is -1.31. The van der Waals surface area contributed by atoms with Crippen molar-refractivity contribution < 1.29 is 4.79 Å². The molecule has 2 heteroatoms. The fourth-order valence-electron chi connectivity index (χ4n) is 2.91. The van der Waals surface area contributed by atoms with Gasteiger partial charge in [0.15, 0.2) is 0 Å². The number of aryl methyl sites for hydroxylation is 1. The van der Waals surface area contributed by atoms with Crippen LogP contribution in [0.15, 0.2) is 18.2 Å². The monoisotopic (exact) mass is 245 g/mol. The number of carbonyl (C=O) groups excluding carboxylic acids is 1. The van der Waals surface area contributed by atoms with Crippen LogP contribution in [0.2, 0.25) is 0 Å². The van der Waals surface area contributed by atoms with Crippen molar-refractivity contribution in [3.8, 4) is 0 Å². The first-order valence-corrected chi connectivity index (χ1v) is 7.12. The van der Waals surface area contributed by atoms with Crippen LogP contribution in [0.25, 0.3) is 0 Å². The maximum atomic E-state index is 11.1. The number of rotatable bonds is 5. The number of benzene rings is 1. The molecule has 2 N–H and O–H groups in total. The van der Waals surface area contributed by atoms with Gasteiger partial charge in [-0.1, -0.05) is 38.7 Å². The molecule has 1 amide bonds. The van der Waals surface area contributed by atoms with Gasteiger partial charge in [0.1, 0.15) is 0 Å². The molecule has 0 saturated heterocycles. The predicted molar refractivity (Wildman–Crippen MR) is 74.6 cm³/mol. The third-order valence-electron chi connectivity index (χ3n) is 4.04. The Labute approximate surface area is 110 Å². The van der Waals surface area contributed by atoms with Gasteiger partial charge in [-0.05, 0) is 48.4 Å². The number of hydrogen-bond donors (Lipinski definition) is 1. The molecule has 0 bridgehead atoms. The summed E-state index contributed by atoms with van der Waals surface area (Å²) in [5.74, 6) is 0.520. The Morgan fingerprint density at radius 1 is 1.33 bits per heavy atom. The van der Waals surface area contributed by atoms with E-state index in [0.717, 1.165) is 12.3 Å². The second kappa shape index (κ2) is 6.03. The number of fused-ring (bicyclic) bond motifs is 1. The second-order valence-corrected chi connectivity index (χ2v) is 5.45. The summed E-state index contributed by atoms with van der Waals surface area (Å²) in [4.78, 5) is 11.1. The van der Waals surface area contributed by atoms with Crippen LogP contribution < -0.4 is 5.73 Å². The minimum atomic E-state index is -0.317. The van der Waals surface area contributed by atoms with Gasteiger partial charge in [-0.15, -0.1) is 0 Å². The van der Waals surface area contributed by atoms with E-state index in [2.05, 4.69) is 13.0 Å². The lowest BCUT2D eigenvalue weighted by atomic mass is 9.81. The van der Waals surface area contributed by atoms with Gasteiger partial charge < -0.3 is 5.73 Å². The van der Waals surface area contributed by atoms with Crippen LogP contribution in [0.3, 0.4) is 0 Å². The number of primary amides is 1. The van der Waals surface area contributed by atoms with E-state index in [0.29, 0.717) is 5.56 Å². The molecule has 1 aliphatic carbocycles. The number of unbranched alkanes of at least 4 members (excludes halogenated alkanes) is 2. The van der Waals surface area contributed by atoms with Crippen LogP contribution in [-0.2, 0) is 12.8 Å². The summed E-state index contributed by atoms with van der Waals surface area (Å²) in [6, 6.07) is 5.96. The van der Waals surface area contributed by atoms with Crippen LogP contribution in [-0.4, -0.2) is 5.91 Å². The third kappa shape index (κ3) is 3.12. The average Bonchev–Trinajstić information content (AvgIpc) is 2.38. The third-order valence-corrected chi connectivity index (χ3v) is 4.04. The van der Waals surface area contributed by atoms with Gasteiger partial charge in [0, 0.05) is 5.56 Å². The zero-order chi connectivity index (χ0) is 13.0. The van der Waals surface area contributed by atoms with E-state index < -0.39 is 0 Å². The predicted octanol–water partition coefficient (Wildman–Crippen LogP) is 3.47. The van der Waals surface area contributed by atoms with Crippen molar-refractivity contribution in [2.75, 3.05) is 0 Å². The molecule has 0 heterocycles. The topological polar surface area (TPSA) is 43.1 Å². The van der Waals surface area contributed by atoms with Gasteiger partial charge in [-0.3, -0.25) is 4.79 Å². The molecular formula is C16H23NO. The highest BCUT2D eigenvalue weighted by atomic mass is 16.1. The highest BCUT2D eigenvalue weighted by molar-refractivity contribution is 5.93. The lowest BCUT2D eigenvalue weighted by molar-refractivity contribution is 0.1000. The molecule has 0 fully saturated rings. The molecule has 1 aromatic carbocycles. The van der Waals surface area contributed by atoms with Gasteiger partial charge in [0.2, 0.25) is 5.91 Å². The van der Waals surface area contributed by atoms with E-state index in [1.165, 1.54) is 49.7 Å². The molecule has 1 aromatic rings. The van der Waals surface area contributed by atoms with E-state index in [9.17, 15) is 4.79 Å². The highest BCUT2D eigenvalue weighted by Crippen LogP contribution is 2.29. The van der Waals surface area contributed by atoms with Gasteiger partial charge in [-0.25, -0.2) is 0 Å². The lowest BCUT2D eigenvalue weighted by Crippen LogP contribution is -2.17. The van der Waals surface area contributed by atoms with Crippen molar-refractivity contribution in [1.82, 2.24) is 0 Å². The molecule has 2 nitrogen and oxygen atoms in total. The number of nitrogens with two attached hydrogens (primary N) is 1. The Balaban J connectivity index is 2.00. The van der Waals surface area contributed by atoms with E-state index in [1.54, 1.807) is 0 Å². The molecule has 0 aliphatic heterocycles. The van der Waals surface area contributed by atoms with Crippen molar-refractivity contribution in [1.29, 1.82) is 0 Å². The smallest absolute Gasteiger partial charge is 0.248 e. The summed E-state index contributed by atoms with van der Waals surface area (Å²) < 4.78 is 0. The van der Waals surface area contributed by atoms with Crippen LogP contribution in [0, 0.1) is 5.92 Å². The highest BCUT2D eigenvalue weighted by Gasteiger charge is 2.19. The number of hydrogen-bond acceptors (Lipinski definition) is 1. The standard InChI is InChI=1S/C16H23NO/c1-2-3-4-5-12-6-7-14-11-15(16(17)18)9-8-13(14)10-12/h8-9,11-12H,2-7,10H2,1H3,(H2,17,18). The molecule has 98 valence electrons. The van der Waals surface area contributed by atoms with Crippen LogP contribution in [0.5, 0.6) is 0 Å². The van der Waals surface area contributed by atoms with Gasteiger partial charge in [-0.2, -0.15) is 0 Å². The molecule has 0 radical (unpaired) electrons. The SMILES string of the molecule is CCCCCC1CCc2cc(C(N)=O)ccc2C1. The zero-order valence-electron chi connectivity index (χ0n) is 11.2. The summed E-state index contributed by atoms with van der Waals surface area (Å²) >= 11 is 0. The van der Waals surface area contributed by atoms with E-state index >= 15 is 0 Å². The fraction of sp³-hybridized carbons (Fsp3) is 0.562. The minimum Gasteiger partial charge on any atom is -0.366 e. The molecule has 18 heavy (non-hydrogen) atoms. The van der Waals surface area contributed by atoms with Crippen molar-refractivity contribution in [3.05, 3.63) is 34.9 Å². The summed E-state index contributed by atoms with van der Waals surface area (Å²) in [6.45, 7) is 2.25. The summed E-state index contributed by atoms with van der Waals surface area (Å²) in [6.07, 6.45) is 8.90. The van der Waals surface area contributed by atoms with E-state index in [1.807, 2.05) is 12.1 Å². The lowest BCUT2D eigenvalue weighted by Gasteiger charge is -2.25. The molecule has 1 unspecified atom stereocenters. The van der Waals surface area contributed by atoms with Crippen LogP contribution in [0.1, 0.15) is 60.5 Å². The van der Waals surface area contributed by atoms with Crippen molar-refractivity contribution in [3.63, 3.8) is 0 Å². The van der Waals surface area contributed by atoms with Gasteiger partial charge >= 0.3 is 0 Å². The van der Waals surface area contributed by atoms with E-state index in [-0.39, 0.29) is 5.91 Å². The molecule has 1 aliphatic rings. The maximum absolute atomic E-state index is 11.1. The summed E-state index contributed by atoms with van der Waals surface area (Å²) in [7, 11) is 0. The number of amides is 1. The first kappa shape index (κ1) is 13.1. The average molecular weight is 245 g/mol. The molecular weight excluding hydrogens is 222 g/mol. The molecule has 0 aromatic heterocycles. The fourth-order valence-corrected chi connectivity index (χ4v) is 2.91. The molecule has 0 spiro atoms. The quantitative estimate of drug-likeness (QED) is 0.793. The largest absolute Gasteiger partial charge is 0.366 e. The first-order valence-electron chi connectivity index (χ1n) is 7.12. The zero-order valence-corrected chi connectivity index (χ0v) is 11.2. The number of carbonyl (C=O) groups is 1. The maximum Gasteiger partial charge on any atom is 0.248 e. The first-order chi connectivity index (χ1) is 8.70. The summed E-state index contributed by atoms with van der Waals surface area (Å²) in [5.41, 5.74) is 8.72. The molecule has 2 rings (SSSR count). The Kier molecular flexibility index (Phi) is 4.40. The Morgan fingerprint density at radius 2 is 2.17 bits per heavy atom.